The third-order valence-electron chi connectivity index (χ3n) is 5.62. The highest BCUT2D eigenvalue weighted by molar-refractivity contribution is 5.79. The smallest absolute Gasteiger partial charge is 0.244 e. The van der Waals surface area contributed by atoms with Gasteiger partial charge in [0.15, 0.2) is 0 Å². The van der Waals surface area contributed by atoms with Crippen molar-refractivity contribution < 1.29 is 14.3 Å². The van der Waals surface area contributed by atoms with Crippen molar-refractivity contribution in [2.24, 2.45) is 5.92 Å². The van der Waals surface area contributed by atoms with Crippen molar-refractivity contribution in [3.05, 3.63) is 18.5 Å². The van der Waals surface area contributed by atoms with Crippen LogP contribution in [0.15, 0.2) is 18.5 Å². The summed E-state index contributed by atoms with van der Waals surface area (Å²) in [5, 5.41) is 7.07. The molecule has 150 valence electrons. The van der Waals surface area contributed by atoms with Crippen LogP contribution < -0.4 is 5.32 Å². The van der Waals surface area contributed by atoms with Crippen molar-refractivity contribution in [3.63, 3.8) is 0 Å². The maximum Gasteiger partial charge on any atom is 0.244 e. The van der Waals surface area contributed by atoms with E-state index in [0.29, 0.717) is 25.7 Å². The molecule has 2 aliphatic heterocycles. The van der Waals surface area contributed by atoms with Gasteiger partial charge in [0, 0.05) is 51.7 Å². The lowest BCUT2D eigenvalue weighted by Crippen LogP contribution is -2.52. The SMILES string of the molecule is COCCNC(=O)C1CCCN(C2CCN(C(=O)Cn3cccn3)CC2)C1. The molecule has 1 unspecified atom stereocenters. The maximum atomic E-state index is 12.4. The molecule has 8 heteroatoms. The Balaban J connectivity index is 1.43. The number of piperidine rings is 2. The predicted molar refractivity (Wildman–Crippen MR) is 101 cm³/mol. The first-order chi connectivity index (χ1) is 13.2. The molecule has 3 rings (SSSR count). The van der Waals surface area contributed by atoms with E-state index in [1.54, 1.807) is 18.0 Å². The summed E-state index contributed by atoms with van der Waals surface area (Å²) in [6, 6.07) is 2.30. The summed E-state index contributed by atoms with van der Waals surface area (Å²) in [7, 11) is 1.64. The van der Waals surface area contributed by atoms with Gasteiger partial charge in [-0.2, -0.15) is 5.10 Å². The minimum atomic E-state index is 0.0649. The molecule has 1 atom stereocenters. The predicted octanol–water partition coefficient (Wildman–Crippen LogP) is 0.349. The first kappa shape index (κ1) is 19.8. The van der Waals surface area contributed by atoms with Gasteiger partial charge in [-0.15, -0.1) is 0 Å². The van der Waals surface area contributed by atoms with E-state index in [0.717, 1.165) is 51.9 Å². The molecule has 3 heterocycles. The monoisotopic (exact) mass is 377 g/mol. The molecule has 2 aliphatic rings. The summed E-state index contributed by atoms with van der Waals surface area (Å²) in [6.45, 7) is 4.87. The van der Waals surface area contributed by atoms with E-state index in [-0.39, 0.29) is 17.7 Å². The number of aromatic nitrogens is 2. The zero-order valence-electron chi connectivity index (χ0n) is 16.2. The van der Waals surface area contributed by atoms with E-state index in [4.69, 9.17) is 4.74 Å². The van der Waals surface area contributed by atoms with E-state index in [1.165, 1.54) is 0 Å². The third kappa shape index (κ3) is 5.52. The summed E-state index contributed by atoms with van der Waals surface area (Å²) in [6.07, 6.45) is 7.47. The van der Waals surface area contributed by atoms with Gasteiger partial charge in [-0.25, -0.2) is 0 Å². The first-order valence-electron chi connectivity index (χ1n) is 9.93. The standard InChI is InChI=1S/C19H31N5O3/c1-27-13-8-20-19(26)16-4-2-9-23(14-16)17-5-11-22(12-6-17)18(25)15-24-10-3-7-21-24/h3,7,10,16-17H,2,4-6,8-9,11-15H2,1H3,(H,20,26). The average molecular weight is 377 g/mol. The van der Waals surface area contributed by atoms with Crippen LogP contribution in [-0.2, 0) is 20.9 Å². The van der Waals surface area contributed by atoms with Gasteiger partial charge in [0.25, 0.3) is 0 Å². The highest BCUT2D eigenvalue weighted by Gasteiger charge is 2.32. The number of likely N-dealkylation sites (tertiary alicyclic amines) is 2. The van der Waals surface area contributed by atoms with Crippen molar-refractivity contribution in [2.45, 2.75) is 38.3 Å². The summed E-state index contributed by atoms with van der Waals surface area (Å²) >= 11 is 0. The highest BCUT2D eigenvalue weighted by atomic mass is 16.5. The van der Waals surface area contributed by atoms with Gasteiger partial charge in [-0.3, -0.25) is 19.2 Å². The van der Waals surface area contributed by atoms with Crippen LogP contribution in [0.1, 0.15) is 25.7 Å². The van der Waals surface area contributed by atoms with Gasteiger partial charge in [-0.05, 0) is 38.3 Å². The fraction of sp³-hybridized carbons (Fsp3) is 0.737. The molecule has 0 aromatic carbocycles. The Labute approximate surface area is 160 Å². The van der Waals surface area contributed by atoms with E-state index in [9.17, 15) is 9.59 Å². The molecular formula is C19H31N5O3. The number of methoxy groups -OCH3 is 1. The van der Waals surface area contributed by atoms with Crippen LogP contribution in [0.3, 0.4) is 0 Å². The van der Waals surface area contributed by atoms with E-state index in [1.807, 2.05) is 17.2 Å². The van der Waals surface area contributed by atoms with Crippen LogP contribution in [0.5, 0.6) is 0 Å². The van der Waals surface area contributed by atoms with Crippen molar-refractivity contribution in [3.8, 4) is 0 Å². The molecule has 0 saturated carbocycles. The van der Waals surface area contributed by atoms with Crippen molar-refractivity contribution in [1.29, 1.82) is 0 Å². The number of ether oxygens (including phenoxy) is 1. The fourth-order valence-electron chi connectivity index (χ4n) is 4.09. The Morgan fingerprint density at radius 1 is 1.22 bits per heavy atom. The molecule has 8 nitrogen and oxygen atoms in total. The molecule has 1 aromatic heterocycles. The van der Waals surface area contributed by atoms with Crippen LogP contribution >= 0.6 is 0 Å². The number of amides is 2. The fourth-order valence-corrected chi connectivity index (χ4v) is 4.09. The topological polar surface area (TPSA) is 79.7 Å². The molecule has 1 N–H and O–H groups in total. The average Bonchev–Trinajstić information content (AvgIpc) is 3.21. The summed E-state index contributed by atoms with van der Waals surface area (Å²) in [5.41, 5.74) is 0. The van der Waals surface area contributed by atoms with Gasteiger partial charge >= 0.3 is 0 Å². The number of carbonyl (C=O) groups excluding carboxylic acids is 2. The normalized spacial score (nSPS) is 22.0. The summed E-state index contributed by atoms with van der Waals surface area (Å²) in [4.78, 5) is 29.1. The molecule has 0 aliphatic carbocycles. The van der Waals surface area contributed by atoms with E-state index < -0.39 is 0 Å². The molecule has 2 saturated heterocycles. The zero-order chi connectivity index (χ0) is 19.1. The Hall–Kier alpha value is -1.93. The minimum Gasteiger partial charge on any atom is -0.383 e. The summed E-state index contributed by atoms with van der Waals surface area (Å²) < 4.78 is 6.67. The van der Waals surface area contributed by atoms with E-state index in [2.05, 4.69) is 15.3 Å². The second kappa shape index (κ2) is 9.85. The molecular weight excluding hydrogens is 346 g/mol. The lowest BCUT2D eigenvalue weighted by Gasteiger charge is -2.42. The van der Waals surface area contributed by atoms with Crippen LogP contribution in [-0.4, -0.2) is 83.9 Å². The number of nitrogens with one attached hydrogen (secondary N) is 1. The van der Waals surface area contributed by atoms with Gasteiger partial charge in [-0.1, -0.05) is 0 Å². The lowest BCUT2D eigenvalue weighted by atomic mass is 9.93. The molecule has 27 heavy (non-hydrogen) atoms. The number of nitrogens with zero attached hydrogens (tertiary/aromatic N) is 4. The Morgan fingerprint density at radius 3 is 2.74 bits per heavy atom. The van der Waals surface area contributed by atoms with Crippen molar-refractivity contribution in [2.75, 3.05) is 46.4 Å². The lowest BCUT2D eigenvalue weighted by molar-refractivity contribution is -0.133. The number of hydrogen-bond donors (Lipinski definition) is 1. The Bertz CT molecular complexity index is 598. The van der Waals surface area contributed by atoms with Gasteiger partial charge in [0.1, 0.15) is 6.54 Å². The largest absolute Gasteiger partial charge is 0.383 e. The second-order valence-electron chi connectivity index (χ2n) is 7.43. The molecule has 0 bridgehead atoms. The van der Waals surface area contributed by atoms with E-state index >= 15 is 0 Å². The molecule has 0 spiro atoms. The van der Waals surface area contributed by atoms with Crippen LogP contribution in [0.4, 0.5) is 0 Å². The van der Waals surface area contributed by atoms with Crippen LogP contribution in [0, 0.1) is 5.92 Å². The van der Waals surface area contributed by atoms with Crippen LogP contribution in [0.25, 0.3) is 0 Å². The third-order valence-corrected chi connectivity index (χ3v) is 5.62. The number of carbonyl (C=O) groups is 2. The van der Waals surface area contributed by atoms with Gasteiger partial charge in [0.05, 0.1) is 12.5 Å². The molecule has 0 radical (unpaired) electrons. The quantitative estimate of drug-likeness (QED) is 0.694. The number of rotatable bonds is 7. The Morgan fingerprint density at radius 2 is 2.04 bits per heavy atom. The van der Waals surface area contributed by atoms with Gasteiger partial charge in [0.2, 0.25) is 11.8 Å². The van der Waals surface area contributed by atoms with Crippen molar-refractivity contribution >= 4 is 11.8 Å². The highest BCUT2D eigenvalue weighted by Crippen LogP contribution is 2.24. The zero-order valence-corrected chi connectivity index (χ0v) is 16.2. The molecule has 1 aromatic rings. The number of hydrogen-bond acceptors (Lipinski definition) is 5. The van der Waals surface area contributed by atoms with Crippen molar-refractivity contribution in [1.82, 2.24) is 24.9 Å². The maximum absolute atomic E-state index is 12.4. The first-order valence-corrected chi connectivity index (χ1v) is 9.93. The van der Waals surface area contributed by atoms with Crippen LogP contribution in [0.2, 0.25) is 0 Å². The molecule has 2 amide bonds. The van der Waals surface area contributed by atoms with Gasteiger partial charge < -0.3 is 15.0 Å². The molecule has 2 fully saturated rings. The Kier molecular flexibility index (Phi) is 7.23. The minimum absolute atomic E-state index is 0.0649. The summed E-state index contributed by atoms with van der Waals surface area (Å²) in [5.74, 6) is 0.338. The second-order valence-corrected chi connectivity index (χ2v) is 7.43.